The van der Waals surface area contributed by atoms with Crippen molar-refractivity contribution in [3.63, 3.8) is 0 Å². The number of halogens is 1. The average Bonchev–Trinajstić information content (AvgIpc) is 2.45. The summed E-state index contributed by atoms with van der Waals surface area (Å²) in [5.74, 6) is -2.17. The van der Waals surface area contributed by atoms with Crippen molar-refractivity contribution in [3.8, 4) is 0 Å². The van der Waals surface area contributed by atoms with Gasteiger partial charge in [0, 0.05) is 5.56 Å². The summed E-state index contributed by atoms with van der Waals surface area (Å²) in [4.78, 5) is 11.3. The largest absolute Gasteiger partial charge is 0.420 e. The first-order valence-corrected chi connectivity index (χ1v) is 5.23. The molecule has 1 aliphatic rings. The van der Waals surface area contributed by atoms with E-state index in [1.165, 1.54) is 0 Å². The van der Waals surface area contributed by atoms with Crippen LogP contribution >= 0.6 is 15.9 Å². The molecular weight excluding hydrogens is 260 g/mol. The summed E-state index contributed by atoms with van der Waals surface area (Å²) >= 11 is 3.19. The second kappa shape index (κ2) is 3.47. The number of benzene rings is 1. The topological polar surface area (TPSA) is 46.5 Å². The second-order valence-corrected chi connectivity index (χ2v) is 4.13. The van der Waals surface area contributed by atoms with Crippen LogP contribution in [0.2, 0.25) is 0 Å². The minimum absolute atomic E-state index is 0.367. The Hall–Kier alpha value is -1.13. The summed E-state index contributed by atoms with van der Waals surface area (Å²) in [7, 11) is 0. The highest BCUT2D eigenvalue weighted by Gasteiger charge is 2.45. The first-order chi connectivity index (χ1) is 7.05. The lowest BCUT2D eigenvalue weighted by Crippen LogP contribution is -2.26. The number of cyclic esters (lactones) is 1. The zero-order valence-corrected chi connectivity index (χ0v) is 9.61. The van der Waals surface area contributed by atoms with Crippen LogP contribution < -0.4 is 0 Å². The third-order valence-corrected chi connectivity index (χ3v) is 3.47. The van der Waals surface area contributed by atoms with Crippen LogP contribution in [-0.4, -0.2) is 11.1 Å². The number of hydrogen-bond donors (Lipinski definition) is 1. The molecule has 1 atom stereocenters. The Balaban J connectivity index is 2.51. The molecule has 0 spiro atoms. The molecule has 1 N–H and O–H groups in total. The number of carbonyl (C=O) groups excluding carboxylic acids is 1. The van der Waals surface area contributed by atoms with Gasteiger partial charge in [-0.05, 0) is 22.9 Å². The SMILES string of the molecule is CC1=C(Br)[C@@](O)(c2ccccc2)OC1=O. The second-order valence-electron chi connectivity index (χ2n) is 3.34. The van der Waals surface area contributed by atoms with Crippen LogP contribution in [0.4, 0.5) is 0 Å². The predicted molar refractivity (Wildman–Crippen MR) is 58.1 cm³/mol. The fourth-order valence-corrected chi connectivity index (χ4v) is 1.92. The molecule has 0 unspecified atom stereocenters. The molecule has 0 radical (unpaired) electrons. The first-order valence-electron chi connectivity index (χ1n) is 4.44. The van der Waals surface area contributed by atoms with E-state index in [0.717, 1.165) is 0 Å². The van der Waals surface area contributed by atoms with Crippen molar-refractivity contribution in [2.24, 2.45) is 0 Å². The van der Waals surface area contributed by atoms with E-state index in [2.05, 4.69) is 15.9 Å². The number of hydrogen-bond acceptors (Lipinski definition) is 3. The van der Waals surface area contributed by atoms with E-state index < -0.39 is 11.8 Å². The summed E-state index contributed by atoms with van der Waals surface area (Å²) in [6, 6.07) is 8.78. The standard InChI is InChI=1S/C11H9BrO3/c1-7-9(12)11(14,15-10(7)13)8-5-3-2-4-6-8/h2-6,14H,1H3/t11-/m1/s1. The number of ether oxygens (including phenoxy) is 1. The van der Waals surface area contributed by atoms with Crippen molar-refractivity contribution >= 4 is 21.9 Å². The fraction of sp³-hybridized carbons (Fsp3) is 0.182. The quantitative estimate of drug-likeness (QED) is 0.794. The highest BCUT2D eigenvalue weighted by Crippen LogP contribution is 2.42. The normalized spacial score (nSPS) is 25.7. The summed E-state index contributed by atoms with van der Waals surface area (Å²) < 4.78 is 5.32. The van der Waals surface area contributed by atoms with Gasteiger partial charge in [0.2, 0.25) is 0 Å². The maximum absolute atomic E-state index is 11.3. The third kappa shape index (κ3) is 1.50. The number of aliphatic hydroxyl groups is 1. The van der Waals surface area contributed by atoms with Gasteiger partial charge in [-0.1, -0.05) is 30.3 Å². The van der Waals surface area contributed by atoms with E-state index >= 15 is 0 Å². The first kappa shape index (κ1) is 10.4. The molecule has 0 amide bonds. The van der Waals surface area contributed by atoms with E-state index in [-0.39, 0.29) is 0 Å². The minimum Gasteiger partial charge on any atom is -0.420 e. The summed E-state index contributed by atoms with van der Waals surface area (Å²) in [5, 5.41) is 10.2. The van der Waals surface area contributed by atoms with Gasteiger partial charge in [0.25, 0.3) is 5.79 Å². The van der Waals surface area contributed by atoms with Crippen molar-refractivity contribution in [2.45, 2.75) is 12.7 Å². The summed E-state index contributed by atoms with van der Waals surface area (Å²) in [5.41, 5.74) is 0.920. The highest BCUT2D eigenvalue weighted by molar-refractivity contribution is 9.11. The lowest BCUT2D eigenvalue weighted by molar-refractivity contribution is -0.183. The van der Waals surface area contributed by atoms with Crippen molar-refractivity contribution in [1.82, 2.24) is 0 Å². The van der Waals surface area contributed by atoms with Crippen LogP contribution in [0, 0.1) is 0 Å². The summed E-state index contributed by atoms with van der Waals surface area (Å²) in [6.45, 7) is 1.60. The predicted octanol–water partition coefficient (Wildman–Crippen LogP) is 2.06. The molecule has 0 saturated carbocycles. The minimum atomic E-state index is -1.66. The maximum atomic E-state index is 11.3. The molecule has 0 bridgehead atoms. The Morgan fingerprint density at radius 3 is 2.40 bits per heavy atom. The van der Waals surface area contributed by atoms with Crippen molar-refractivity contribution < 1.29 is 14.6 Å². The molecule has 2 rings (SSSR count). The Bertz CT molecular complexity index is 438. The van der Waals surface area contributed by atoms with Crippen molar-refractivity contribution in [1.29, 1.82) is 0 Å². The molecule has 1 aromatic carbocycles. The zero-order chi connectivity index (χ0) is 11.1. The Morgan fingerprint density at radius 1 is 1.33 bits per heavy atom. The van der Waals surface area contributed by atoms with Gasteiger partial charge < -0.3 is 9.84 Å². The Morgan fingerprint density at radius 2 is 1.93 bits per heavy atom. The molecule has 1 aromatic rings. The van der Waals surface area contributed by atoms with Crippen LogP contribution in [0.3, 0.4) is 0 Å². The average molecular weight is 269 g/mol. The molecule has 0 aromatic heterocycles. The number of carbonyl (C=O) groups is 1. The van der Waals surface area contributed by atoms with E-state index in [1.807, 2.05) is 6.07 Å². The molecule has 0 fully saturated rings. The number of esters is 1. The van der Waals surface area contributed by atoms with Gasteiger partial charge in [0.1, 0.15) is 0 Å². The van der Waals surface area contributed by atoms with Crippen LogP contribution in [0.25, 0.3) is 0 Å². The van der Waals surface area contributed by atoms with Gasteiger partial charge in [-0.3, -0.25) is 0 Å². The molecule has 3 nitrogen and oxygen atoms in total. The lowest BCUT2D eigenvalue weighted by Gasteiger charge is -2.22. The lowest BCUT2D eigenvalue weighted by atomic mass is 10.1. The van der Waals surface area contributed by atoms with Gasteiger partial charge in [-0.25, -0.2) is 4.79 Å². The molecule has 15 heavy (non-hydrogen) atoms. The van der Waals surface area contributed by atoms with Crippen molar-refractivity contribution in [3.05, 3.63) is 46.0 Å². The molecule has 1 aliphatic heterocycles. The fourth-order valence-electron chi connectivity index (χ4n) is 1.45. The van der Waals surface area contributed by atoms with E-state index in [1.54, 1.807) is 31.2 Å². The smallest absolute Gasteiger partial charge is 0.337 e. The van der Waals surface area contributed by atoms with Crippen LogP contribution in [0.5, 0.6) is 0 Å². The third-order valence-electron chi connectivity index (χ3n) is 2.34. The highest BCUT2D eigenvalue weighted by atomic mass is 79.9. The van der Waals surface area contributed by atoms with E-state index in [9.17, 15) is 9.90 Å². The van der Waals surface area contributed by atoms with Gasteiger partial charge in [-0.15, -0.1) is 0 Å². The molecule has 0 aliphatic carbocycles. The van der Waals surface area contributed by atoms with Crippen LogP contribution in [-0.2, 0) is 15.3 Å². The van der Waals surface area contributed by atoms with Crippen LogP contribution in [0.15, 0.2) is 40.4 Å². The molecule has 1 heterocycles. The molecule has 78 valence electrons. The van der Waals surface area contributed by atoms with E-state index in [0.29, 0.717) is 15.6 Å². The maximum Gasteiger partial charge on any atom is 0.337 e. The molecule has 4 heteroatoms. The molecular formula is C11H9BrO3. The molecule has 0 saturated heterocycles. The van der Waals surface area contributed by atoms with Gasteiger partial charge in [0.15, 0.2) is 0 Å². The number of rotatable bonds is 1. The summed E-state index contributed by atoms with van der Waals surface area (Å²) in [6.07, 6.45) is 0. The van der Waals surface area contributed by atoms with Gasteiger partial charge in [0.05, 0.1) is 10.1 Å². The van der Waals surface area contributed by atoms with Gasteiger partial charge in [-0.2, -0.15) is 0 Å². The zero-order valence-electron chi connectivity index (χ0n) is 8.03. The Labute approximate surface area is 95.5 Å². The Kier molecular flexibility index (Phi) is 2.40. The van der Waals surface area contributed by atoms with Crippen molar-refractivity contribution in [2.75, 3.05) is 0 Å². The van der Waals surface area contributed by atoms with E-state index in [4.69, 9.17) is 4.74 Å². The van der Waals surface area contributed by atoms with Gasteiger partial charge >= 0.3 is 5.97 Å². The monoisotopic (exact) mass is 268 g/mol. The van der Waals surface area contributed by atoms with Crippen LogP contribution in [0.1, 0.15) is 12.5 Å².